The highest BCUT2D eigenvalue weighted by Gasteiger charge is 2.42. The summed E-state index contributed by atoms with van der Waals surface area (Å²) in [6.07, 6.45) is 4.29. The lowest BCUT2D eigenvalue weighted by Gasteiger charge is -2.36. The second kappa shape index (κ2) is 4.98. The van der Waals surface area contributed by atoms with Crippen molar-refractivity contribution in [1.82, 2.24) is 15.1 Å². The third-order valence-electron chi connectivity index (χ3n) is 4.34. The van der Waals surface area contributed by atoms with Crippen LogP contribution in [0.5, 0.6) is 0 Å². The topological polar surface area (TPSA) is 101 Å². The van der Waals surface area contributed by atoms with E-state index in [0.717, 1.165) is 12.8 Å². The van der Waals surface area contributed by atoms with Gasteiger partial charge in [-0.05, 0) is 38.5 Å². The number of carbonyl (C=O) groups is 1. The number of anilines is 1. The van der Waals surface area contributed by atoms with Crippen LogP contribution < -0.4 is 5.32 Å². The highest BCUT2D eigenvalue weighted by atomic mass is 16.5. The first-order valence-electron chi connectivity index (χ1n) is 7.10. The van der Waals surface area contributed by atoms with Crippen molar-refractivity contribution in [2.45, 2.75) is 45.1 Å². The molecule has 0 bridgehead atoms. The summed E-state index contributed by atoms with van der Waals surface area (Å²) in [6.45, 7) is 3.94. The maximum Gasteiger partial charge on any atom is 0.329 e. The number of carboxylic acids is 1. The average Bonchev–Trinajstić information content (AvgIpc) is 2.84. The van der Waals surface area contributed by atoms with E-state index in [-0.39, 0.29) is 0 Å². The van der Waals surface area contributed by atoms with Crippen LogP contribution in [0, 0.1) is 12.8 Å². The summed E-state index contributed by atoms with van der Waals surface area (Å²) in [5, 5.41) is 17.3. The average molecular weight is 290 g/mol. The summed E-state index contributed by atoms with van der Waals surface area (Å²) in [5.74, 6) is 0.202. The molecule has 0 aliphatic heterocycles. The molecule has 2 N–H and O–H groups in total. The molecule has 1 aliphatic carbocycles. The van der Waals surface area contributed by atoms with E-state index in [1.807, 2.05) is 0 Å². The summed E-state index contributed by atoms with van der Waals surface area (Å²) in [5.41, 5.74) is 0.0462. The van der Waals surface area contributed by atoms with Gasteiger partial charge in [0.1, 0.15) is 23.1 Å². The van der Waals surface area contributed by atoms with Gasteiger partial charge in [0.05, 0.1) is 5.69 Å². The van der Waals surface area contributed by atoms with Gasteiger partial charge in [0.2, 0.25) is 0 Å². The molecule has 21 heavy (non-hydrogen) atoms. The van der Waals surface area contributed by atoms with Crippen LogP contribution in [0.3, 0.4) is 0 Å². The summed E-state index contributed by atoms with van der Waals surface area (Å²) < 4.78 is 5.10. The Kier molecular flexibility index (Phi) is 3.27. The fourth-order valence-corrected chi connectivity index (χ4v) is 2.89. The number of fused-ring (bicyclic) bond motifs is 1. The number of carboxylic acid groups (broad SMARTS) is 1. The molecule has 0 radical (unpaired) electrons. The molecule has 0 unspecified atom stereocenters. The molecule has 0 aromatic carbocycles. The van der Waals surface area contributed by atoms with Gasteiger partial charge in [-0.2, -0.15) is 4.98 Å². The van der Waals surface area contributed by atoms with Crippen LogP contribution in [0.4, 0.5) is 5.82 Å². The van der Waals surface area contributed by atoms with E-state index in [1.165, 1.54) is 6.33 Å². The van der Waals surface area contributed by atoms with Crippen LogP contribution in [-0.4, -0.2) is 31.7 Å². The Hall–Kier alpha value is -2.18. The fourth-order valence-electron chi connectivity index (χ4n) is 2.89. The van der Waals surface area contributed by atoms with Gasteiger partial charge >= 0.3 is 5.97 Å². The summed E-state index contributed by atoms with van der Waals surface area (Å²) in [7, 11) is 0. The lowest BCUT2D eigenvalue weighted by molar-refractivity contribution is -0.143. The van der Waals surface area contributed by atoms with E-state index in [4.69, 9.17) is 4.52 Å². The molecule has 0 saturated heterocycles. The number of hydrogen-bond donors (Lipinski definition) is 2. The quantitative estimate of drug-likeness (QED) is 0.894. The predicted octanol–water partition coefficient (Wildman–Crippen LogP) is 2.37. The minimum absolute atomic E-state index is 0.370. The van der Waals surface area contributed by atoms with Gasteiger partial charge in [0.15, 0.2) is 0 Å². The number of rotatable bonds is 3. The molecule has 2 aromatic heterocycles. The summed E-state index contributed by atoms with van der Waals surface area (Å²) in [4.78, 5) is 20.0. The van der Waals surface area contributed by atoms with Crippen molar-refractivity contribution in [3.63, 3.8) is 0 Å². The molecule has 2 heterocycles. The number of hydrogen-bond acceptors (Lipinski definition) is 6. The van der Waals surface area contributed by atoms with Gasteiger partial charge in [-0.3, -0.25) is 0 Å². The van der Waals surface area contributed by atoms with Crippen molar-refractivity contribution in [3.8, 4) is 0 Å². The molecule has 7 nitrogen and oxygen atoms in total. The van der Waals surface area contributed by atoms with E-state index in [2.05, 4.69) is 27.4 Å². The van der Waals surface area contributed by atoms with Crippen molar-refractivity contribution in [2.24, 2.45) is 5.92 Å². The van der Waals surface area contributed by atoms with Crippen LogP contribution >= 0.6 is 0 Å². The molecule has 1 aliphatic rings. The van der Waals surface area contributed by atoms with Crippen LogP contribution in [0.15, 0.2) is 10.9 Å². The summed E-state index contributed by atoms with van der Waals surface area (Å²) >= 11 is 0. The third-order valence-corrected chi connectivity index (χ3v) is 4.34. The minimum atomic E-state index is -0.975. The van der Waals surface area contributed by atoms with Crippen molar-refractivity contribution in [3.05, 3.63) is 12.0 Å². The lowest BCUT2D eigenvalue weighted by Crippen LogP contribution is -2.49. The van der Waals surface area contributed by atoms with Crippen molar-refractivity contribution in [1.29, 1.82) is 0 Å². The monoisotopic (exact) mass is 290 g/mol. The Morgan fingerprint density at radius 3 is 2.81 bits per heavy atom. The number of aryl methyl sites for hydroxylation is 1. The molecule has 2 aromatic rings. The Morgan fingerprint density at radius 2 is 2.14 bits per heavy atom. The first-order chi connectivity index (χ1) is 10.0. The number of nitrogens with zero attached hydrogens (tertiary/aromatic N) is 3. The SMILES string of the molecule is Cc1noc2ncnc(NC3(C(=O)O)CCC(C)CC3)c12. The maximum absolute atomic E-state index is 11.8. The van der Waals surface area contributed by atoms with Gasteiger partial charge in [0.25, 0.3) is 5.71 Å². The molecule has 0 spiro atoms. The third kappa shape index (κ3) is 2.32. The van der Waals surface area contributed by atoms with Gasteiger partial charge in [0, 0.05) is 0 Å². The Labute approximate surface area is 121 Å². The van der Waals surface area contributed by atoms with E-state index >= 15 is 0 Å². The zero-order chi connectivity index (χ0) is 15.0. The van der Waals surface area contributed by atoms with Gasteiger partial charge in [-0.25, -0.2) is 9.78 Å². The van der Waals surface area contributed by atoms with Crippen molar-refractivity contribution in [2.75, 3.05) is 5.32 Å². The molecule has 3 rings (SSSR count). The Bertz CT molecular complexity index is 674. The number of aromatic nitrogens is 3. The molecule has 1 saturated carbocycles. The van der Waals surface area contributed by atoms with Gasteiger partial charge in [-0.15, -0.1) is 0 Å². The van der Waals surface area contributed by atoms with E-state index < -0.39 is 11.5 Å². The van der Waals surface area contributed by atoms with Crippen molar-refractivity contribution >= 4 is 22.9 Å². The molecule has 112 valence electrons. The molecule has 0 amide bonds. The molecular weight excluding hydrogens is 272 g/mol. The van der Waals surface area contributed by atoms with E-state index in [9.17, 15) is 9.90 Å². The highest BCUT2D eigenvalue weighted by molar-refractivity contribution is 5.91. The van der Waals surface area contributed by atoms with E-state index in [1.54, 1.807) is 6.92 Å². The molecular formula is C14H18N4O3. The van der Waals surface area contributed by atoms with Crippen LogP contribution in [-0.2, 0) is 4.79 Å². The largest absolute Gasteiger partial charge is 0.480 e. The van der Waals surface area contributed by atoms with Gasteiger partial charge in [-0.1, -0.05) is 12.1 Å². The first kappa shape index (κ1) is 13.8. The first-order valence-corrected chi connectivity index (χ1v) is 7.10. The smallest absolute Gasteiger partial charge is 0.329 e. The second-order valence-corrected chi connectivity index (χ2v) is 5.87. The van der Waals surface area contributed by atoms with E-state index in [0.29, 0.717) is 41.4 Å². The zero-order valence-corrected chi connectivity index (χ0v) is 12.1. The Balaban J connectivity index is 1.99. The van der Waals surface area contributed by atoms with Crippen molar-refractivity contribution < 1.29 is 14.4 Å². The highest BCUT2D eigenvalue weighted by Crippen LogP contribution is 2.36. The fraction of sp³-hybridized carbons (Fsp3) is 0.571. The molecule has 7 heteroatoms. The second-order valence-electron chi connectivity index (χ2n) is 5.87. The summed E-state index contributed by atoms with van der Waals surface area (Å²) in [6, 6.07) is 0. The molecule has 0 atom stereocenters. The number of nitrogens with one attached hydrogen (secondary N) is 1. The number of aliphatic carboxylic acids is 1. The lowest BCUT2D eigenvalue weighted by atomic mass is 9.77. The zero-order valence-electron chi connectivity index (χ0n) is 12.1. The maximum atomic E-state index is 11.8. The molecule has 1 fully saturated rings. The predicted molar refractivity (Wildman–Crippen MR) is 76.0 cm³/mol. The Morgan fingerprint density at radius 1 is 1.43 bits per heavy atom. The van der Waals surface area contributed by atoms with Crippen LogP contribution in [0.25, 0.3) is 11.1 Å². The standard InChI is InChI=1S/C14H18N4O3/c1-8-3-5-14(6-4-8,13(19)20)17-11-10-9(2)18-21-12(10)16-7-15-11/h7-8H,3-6H2,1-2H3,(H,19,20)(H,15,16,17). The normalized spacial score (nSPS) is 25.9. The van der Waals surface area contributed by atoms with Crippen LogP contribution in [0.2, 0.25) is 0 Å². The van der Waals surface area contributed by atoms with Gasteiger partial charge < -0.3 is 14.9 Å². The van der Waals surface area contributed by atoms with Crippen LogP contribution in [0.1, 0.15) is 38.3 Å². The minimum Gasteiger partial charge on any atom is -0.480 e.